The van der Waals surface area contributed by atoms with Gasteiger partial charge in [0.05, 0.1) is 5.52 Å². The molecule has 0 aliphatic heterocycles. The highest BCUT2D eigenvalue weighted by Gasteiger charge is 2.21. The molecule has 3 rings (SSSR count). The van der Waals surface area contributed by atoms with Gasteiger partial charge in [-0.2, -0.15) is 0 Å². The van der Waals surface area contributed by atoms with E-state index in [-0.39, 0.29) is 17.4 Å². The second-order valence-electron chi connectivity index (χ2n) is 6.67. The van der Waals surface area contributed by atoms with Gasteiger partial charge in [-0.3, -0.25) is 14.0 Å². The fourth-order valence-electron chi connectivity index (χ4n) is 2.76. The van der Waals surface area contributed by atoms with E-state index in [1.54, 1.807) is 47.0 Å². The number of amides is 2. The summed E-state index contributed by atoms with van der Waals surface area (Å²) in [4.78, 5) is 31.7. The Morgan fingerprint density at radius 2 is 1.93 bits per heavy atom. The molecule has 0 saturated carbocycles. The third kappa shape index (κ3) is 4.16. The van der Waals surface area contributed by atoms with Crippen LogP contribution in [-0.4, -0.2) is 53.3 Å². The number of halogens is 1. The van der Waals surface area contributed by atoms with E-state index in [0.29, 0.717) is 29.3 Å². The molecule has 0 unspecified atom stereocenters. The molecule has 0 atom stereocenters. The van der Waals surface area contributed by atoms with Crippen LogP contribution in [-0.2, 0) is 0 Å². The predicted octanol–water partition coefficient (Wildman–Crippen LogP) is 2.84. The maximum absolute atomic E-state index is 12.9. The van der Waals surface area contributed by atoms with E-state index in [1.807, 2.05) is 25.9 Å². The molecule has 2 heterocycles. The van der Waals surface area contributed by atoms with Crippen molar-refractivity contribution in [2.45, 2.75) is 6.92 Å². The molecule has 146 valence electrons. The molecule has 7 nitrogen and oxygen atoms in total. The minimum absolute atomic E-state index is 0.169. The van der Waals surface area contributed by atoms with E-state index in [1.165, 1.54) is 0 Å². The number of aromatic nitrogens is 2. The predicted molar refractivity (Wildman–Crippen MR) is 110 cm³/mol. The normalized spacial score (nSPS) is 11.0. The van der Waals surface area contributed by atoms with Gasteiger partial charge < -0.3 is 15.5 Å². The van der Waals surface area contributed by atoms with Gasteiger partial charge in [0.15, 0.2) is 5.69 Å². The van der Waals surface area contributed by atoms with Crippen molar-refractivity contribution in [2.24, 2.45) is 0 Å². The summed E-state index contributed by atoms with van der Waals surface area (Å²) in [5.74, 6) is -0.565. The topological polar surface area (TPSA) is 78.7 Å². The maximum Gasteiger partial charge on any atom is 0.287 e. The van der Waals surface area contributed by atoms with Crippen LogP contribution in [0.25, 0.3) is 5.52 Å². The molecule has 0 bridgehead atoms. The van der Waals surface area contributed by atoms with Crippen LogP contribution < -0.4 is 10.6 Å². The van der Waals surface area contributed by atoms with Gasteiger partial charge in [0.2, 0.25) is 5.82 Å². The van der Waals surface area contributed by atoms with E-state index in [9.17, 15) is 9.59 Å². The first-order valence-corrected chi connectivity index (χ1v) is 9.22. The molecule has 8 heteroatoms. The second kappa shape index (κ2) is 8.41. The zero-order valence-corrected chi connectivity index (χ0v) is 16.7. The van der Waals surface area contributed by atoms with Crippen LogP contribution in [0.5, 0.6) is 0 Å². The van der Waals surface area contributed by atoms with E-state index >= 15 is 0 Å². The summed E-state index contributed by atoms with van der Waals surface area (Å²) in [7, 11) is 3.86. The average molecular weight is 400 g/mol. The number of carbonyl (C=O) groups excluding carboxylic acids is 2. The van der Waals surface area contributed by atoms with Crippen LogP contribution in [0.2, 0.25) is 5.02 Å². The Morgan fingerprint density at radius 1 is 1.14 bits per heavy atom. The van der Waals surface area contributed by atoms with Crippen molar-refractivity contribution in [2.75, 3.05) is 32.5 Å². The Kier molecular flexibility index (Phi) is 5.96. The lowest BCUT2D eigenvalue weighted by Crippen LogP contribution is -2.32. The number of imidazole rings is 1. The Balaban J connectivity index is 1.90. The lowest BCUT2D eigenvalue weighted by Gasteiger charge is -2.09. The summed E-state index contributed by atoms with van der Waals surface area (Å²) in [6, 6.07) is 10.6. The Labute approximate surface area is 168 Å². The van der Waals surface area contributed by atoms with Crippen molar-refractivity contribution in [1.29, 1.82) is 0 Å². The number of hydrogen-bond acceptors (Lipinski definition) is 4. The van der Waals surface area contributed by atoms with Gasteiger partial charge in [-0.1, -0.05) is 23.7 Å². The van der Waals surface area contributed by atoms with Crippen LogP contribution in [0, 0.1) is 6.92 Å². The number of nitrogens with one attached hydrogen (secondary N) is 2. The Morgan fingerprint density at radius 3 is 2.68 bits per heavy atom. The van der Waals surface area contributed by atoms with Crippen molar-refractivity contribution < 1.29 is 9.59 Å². The van der Waals surface area contributed by atoms with E-state index < -0.39 is 5.91 Å². The lowest BCUT2D eigenvalue weighted by atomic mass is 10.2. The van der Waals surface area contributed by atoms with Gasteiger partial charge in [0, 0.05) is 30.0 Å². The average Bonchev–Trinajstić information content (AvgIpc) is 3.05. The minimum atomic E-state index is -0.401. The fraction of sp³-hybridized carbons (Fsp3) is 0.250. The number of pyridine rings is 1. The van der Waals surface area contributed by atoms with Crippen molar-refractivity contribution in [3.8, 4) is 0 Å². The maximum atomic E-state index is 12.9. The number of nitrogens with zero attached hydrogens (tertiary/aromatic N) is 3. The first-order valence-electron chi connectivity index (χ1n) is 8.85. The van der Waals surface area contributed by atoms with E-state index in [2.05, 4.69) is 15.6 Å². The molecule has 0 radical (unpaired) electrons. The van der Waals surface area contributed by atoms with Crippen molar-refractivity contribution in [3.05, 3.63) is 64.7 Å². The molecule has 2 amide bonds. The molecular formula is C20H22ClN5O2. The van der Waals surface area contributed by atoms with Crippen LogP contribution in [0.3, 0.4) is 0 Å². The molecular weight excluding hydrogens is 378 g/mol. The van der Waals surface area contributed by atoms with Gasteiger partial charge in [0.25, 0.3) is 11.8 Å². The Bertz CT molecular complexity index is 1030. The molecule has 0 aliphatic carbocycles. The summed E-state index contributed by atoms with van der Waals surface area (Å²) in [5, 5.41) is 6.22. The first kappa shape index (κ1) is 19.9. The van der Waals surface area contributed by atoms with Crippen LogP contribution >= 0.6 is 11.6 Å². The summed E-state index contributed by atoms with van der Waals surface area (Å²) in [5.41, 5.74) is 2.10. The van der Waals surface area contributed by atoms with Crippen molar-refractivity contribution in [1.82, 2.24) is 19.6 Å². The molecule has 2 N–H and O–H groups in total. The second-order valence-corrected chi connectivity index (χ2v) is 7.07. The van der Waals surface area contributed by atoms with Gasteiger partial charge in [0.1, 0.15) is 0 Å². The molecule has 28 heavy (non-hydrogen) atoms. The van der Waals surface area contributed by atoms with Gasteiger partial charge >= 0.3 is 0 Å². The lowest BCUT2D eigenvalue weighted by molar-refractivity contribution is 0.0940. The number of likely N-dealkylation sites (N-methyl/N-ethyl adjacent to an activating group) is 1. The van der Waals surface area contributed by atoms with Crippen LogP contribution in [0.15, 0.2) is 42.6 Å². The summed E-state index contributed by atoms with van der Waals surface area (Å²) in [6.45, 7) is 3.01. The van der Waals surface area contributed by atoms with Crippen LogP contribution in [0.4, 0.5) is 5.69 Å². The zero-order valence-electron chi connectivity index (χ0n) is 16.0. The van der Waals surface area contributed by atoms with Crippen molar-refractivity contribution in [3.63, 3.8) is 0 Å². The SMILES string of the molecule is Cc1c(Cl)cccc1NC(=O)c1nc(C(=O)NCCN(C)C)n2ccccc12. The first-order chi connectivity index (χ1) is 13.4. The molecule has 3 aromatic rings. The zero-order chi connectivity index (χ0) is 20.3. The van der Waals surface area contributed by atoms with E-state index in [0.717, 1.165) is 5.56 Å². The molecule has 0 aliphatic rings. The minimum Gasteiger partial charge on any atom is -0.348 e. The molecule has 2 aromatic heterocycles. The number of anilines is 1. The Hall–Kier alpha value is -2.90. The van der Waals surface area contributed by atoms with Crippen molar-refractivity contribution >= 4 is 34.6 Å². The highest BCUT2D eigenvalue weighted by molar-refractivity contribution is 6.31. The summed E-state index contributed by atoms with van der Waals surface area (Å²) >= 11 is 6.13. The number of benzene rings is 1. The number of carbonyl (C=O) groups is 2. The monoisotopic (exact) mass is 399 g/mol. The highest BCUT2D eigenvalue weighted by Crippen LogP contribution is 2.24. The molecule has 0 saturated heterocycles. The summed E-state index contributed by atoms with van der Waals surface area (Å²) < 4.78 is 1.62. The largest absolute Gasteiger partial charge is 0.348 e. The van der Waals surface area contributed by atoms with Gasteiger partial charge in [-0.05, 0) is 50.8 Å². The molecule has 1 aromatic carbocycles. The number of fused-ring (bicyclic) bond motifs is 1. The smallest absolute Gasteiger partial charge is 0.287 e. The number of hydrogen-bond donors (Lipinski definition) is 2. The van der Waals surface area contributed by atoms with E-state index in [4.69, 9.17) is 11.6 Å². The standard InChI is InChI=1S/C20H22ClN5O2/c1-13-14(21)7-6-8-15(13)23-19(27)17-16-9-4-5-11-26(16)18(24-17)20(28)22-10-12-25(2)3/h4-9,11H,10,12H2,1-3H3,(H,22,28)(H,23,27). The highest BCUT2D eigenvalue weighted by atomic mass is 35.5. The van der Waals surface area contributed by atoms with Crippen LogP contribution in [0.1, 0.15) is 26.7 Å². The number of rotatable bonds is 6. The molecule has 0 spiro atoms. The van der Waals surface area contributed by atoms with Gasteiger partial charge in [-0.15, -0.1) is 0 Å². The third-order valence-corrected chi connectivity index (χ3v) is 4.74. The quantitative estimate of drug-likeness (QED) is 0.668. The summed E-state index contributed by atoms with van der Waals surface area (Å²) in [6.07, 6.45) is 1.71. The molecule has 0 fully saturated rings. The fourth-order valence-corrected chi connectivity index (χ4v) is 2.94. The van der Waals surface area contributed by atoms with Gasteiger partial charge in [-0.25, -0.2) is 4.98 Å². The third-order valence-electron chi connectivity index (χ3n) is 4.33.